The molecule has 1 aliphatic rings. The zero-order valence-electron chi connectivity index (χ0n) is 9.61. The number of nitrogens with zero attached hydrogens (tertiary/aromatic N) is 1. The highest BCUT2D eigenvalue weighted by Gasteiger charge is 2.32. The lowest BCUT2D eigenvalue weighted by molar-refractivity contribution is 0.301. The normalized spacial score (nSPS) is 24.7. The van der Waals surface area contributed by atoms with Crippen molar-refractivity contribution in [2.45, 2.75) is 11.5 Å². The molecule has 17 heavy (non-hydrogen) atoms. The minimum Gasteiger partial charge on any atom is -0.291 e. The number of hydrogen-bond donors (Lipinski definition) is 1. The van der Waals surface area contributed by atoms with Crippen LogP contribution in [0.3, 0.4) is 0 Å². The Balaban J connectivity index is 0.00000144. The van der Waals surface area contributed by atoms with Gasteiger partial charge in [0.25, 0.3) is 0 Å². The molecule has 1 fully saturated rings. The standard InChI is InChI=1S/C11H14Cl2N2S.HI/c1-15-9(6-14-11(15)16-2)10-7(12)4-3-5-8(10)13;/h3-5,9,11,14H,6H2,1-2H3;1H. The van der Waals surface area contributed by atoms with Crippen LogP contribution in [0, 0.1) is 0 Å². The Kier molecular flexibility index (Phi) is 6.36. The number of thioether (sulfide) groups is 1. The van der Waals surface area contributed by atoms with E-state index in [4.69, 9.17) is 23.2 Å². The van der Waals surface area contributed by atoms with Gasteiger partial charge in [-0.3, -0.25) is 10.2 Å². The second-order valence-electron chi connectivity index (χ2n) is 3.81. The molecule has 2 nitrogen and oxygen atoms in total. The van der Waals surface area contributed by atoms with Crippen LogP contribution in [0.1, 0.15) is 11.6 Å². The van der Waals surface area contributed by atoms with E-state index in [-0.39, 0.29) is 30.0 Å². The molecule has 1 aromatic carbocycles. The zero-order chi connectivity index (χ0) is 11.7. The predicted octanol–water partition coefficient (Wildman–Crippen LogP) is 3.83. The van der Waals surface area contributed by atoms with Crippen molar-refractivity contribution in [3.05, 3.63) is 33.8 Å². The Morgan fingerprint density at radius 2 is 1.94 bits per heavy atom. The van der Waals surface area contributed by atoms with E-state index in [1.165, 1.54) is 0 Å². The minimum absolute atomic E-state index is 0. The van der Waals surface area contributed by atoms with E-state index in [2.05, 4.69) is 23.5 Å². The highest BCUT2D eigenvalue weighted by atomic mass is 127. The average Bonchev–Trinajstić information content (AvgIpc) is 2.60. The van der Waals surface area contributed by atoms with E-state index in [0.29, 0.717) is 5.50 Å². The number of hydrogen-bond acceptors (Lipinski definition) is 3. The number of likely N-dealkylation sites (N-methyl/N-ethyl adjacent to an activating group) is 1. The maximum absolute atomic E-state index is 6.22. The van der Waals surface area contributed by atoms with Crippen molar-refractivity contribution in [2.24, 2.45) is 0 Å². The van der Waals surface area contributed by atoms with Crippen LogP contribution in [-0.2, 0) is 0 Å². The summed E-state index contributed by atoms with van der Waals surface area (Å²) in [7, 11) is 2.09. The second-order valence-corrected chi connectivity index (χ2v) is 5.55. The van der Waals surface area contributed by atoms with Gasteiger partial charge in [-0.1, -0.05) is 29.3 Å². The van der Waals surface area contributed by atoms with Gasteiger partial charge >= 0.3 is 0 Å². The first-order chi connectivity index (χ1) is 7.65. The molecule has 1 aromatic rings. The molecule has 0 aliphatic carbocycles. The van der Waals surface area contributed by atoms with Crippen LogP contribution in [0.15, 0.2) is 18.2 Å². The molecule has 6 heteroatoms. The van der Waals surface area contributed by atoms with Crippen molar-refractivity contribution in [3.63, 3.8) is 0 Å². The van der Waals surface area contributed by atoms with Gasteiger partial charge in [0.05, 0.1) is 6.04 Å². The van der Waals surface area contributed by atoms with E-state index in [1.807, 2.05) is 18.2 Å². The summed E-state index contributed by atoms with van der Waals surface area (Å²) in [6.45, 7) is 0.880. The summed E-state index contributed by atoms with van der Waals surface area (Å²) < 4.78 is 0. The van der Waals surface area contributed by atoms with E-state index >= 15 is 0 Å². The largest absolute Gasteiger partial charge is 0.291 e. The van der Waals surface area contributed by atoms with E-state index < -0.39 is 0 Å². The SMILES string of the molecule is CSC1NCC(c2c(Cl)cccc2Cl)N1C.I. The monoisotopic (exact) mass is 404 g/mol. The average molecular weight is 405 g/mol. The van der Waals surface area contributed by atoms with Gasteiger partial charge < -0.3 is 0 Å². The number of nitrogens with one attached hydrogen (secondary N) is 1. The van der Waals surface area contributed by atoms with Gasteiger partial charge in [0.1, 0.15) is 5.50 Å². The highest BCUT2D eigenvalue weighted by molar-refractivity contribution is 14.0. The fraction of sp³-hybridized carbons (Fsp3) is 0.455. The van der Waals surface area contributed by atoms with Gasteiger partial charge in [0, 0.05) is 22.2 Å². The molecule has 2 atom stereocenters. The third-order valence-corrected chi connectivity index (χ3v) is 4.51. The molecule has 0 saturated carbocycles. The van der Waals surface area contributed by atoms with E-state index in [0.717, 1.165) is 22.2 Å². The maximum Gasteiger partial charge on any atom is 0.108 e. The topological polar surface area (TPSA) is 15.3 Å². The quantitative estimate of drug-likeness (QED) is 0.754. The van der Waals surface area contributed by atoms with Gasteiger partial charge in [0.2, 0.25) is 0 Å². The van der Waals surface area contributed by atoms with Gasteiger partial charge in [-0.25, -0.2) is 0 Å². The molecule has 0 amide bonds. The van der Waals surface area contributed by atoms with Crippen LogP contribution in [0.25, 0.3) is 0 Å². The molecule has 2 rings (SSSR count). The molecule has 1 N–H and O–H groups in total. The Morgan fingerprint density at radius 3 is 2.41 bits per heavy atom. The smallest absolute Gasteiger partial charge is 0.108 e. The van der Waals surface area contributed by atoms with Crippen LogP contribution in [0.4, 0.5) is 0 Å². The molecule has 0 spiro atoms. The van der Waals surface area contributed by atoms with Gasteiger partial charge in [-0.15, -0.1) is 35.7 Å². The van der Waals surface area contributed by atoms with Crippen LogP contribution in [0.5, 0.6) is 0 Å². The lowest BCUT2D eigenvalue weighted by atomic mass is 10.1. The summed E-state index contributed by atoms with van der Waals surface area (Å²) in [4.78, 5) is 2.26. The van der Waals surface area contributed by atoms with E-state index in [9.17, 15) is 0 Å². The Bertz CT molecular complexity index is 371. The number of benzene rings is 1. The minimum atomic E-state index is 0. The van der Waals surface area contributed by atoms with Gasteiger partial charge in [0.15, 0.2) is 0 Å². The summed E-state index contributed by atoms with van der Waals surface area (Å²) in [6.07, 6.45) is 2.09. The van der Waals surface area contributed by atoms with Crippen molar-refractivity contribution in [3.8, 4) is 0 Å². The first-order valence-corrected chi connectivity index (χ1v) is 7.11. The Labute approximate surface area is 133 Å². The van der Waals surface area contributed by atoms with Crippen LogP contribution in [-0.4, -0.2) is 30.2 Å². The number of halogens is 3. The van der Waals surface area contributed by atoms with Crippen molar-refractivity contribution < 1.29 is 0 Å². The summed E-state index contributed by atoms with van der Waals surface area (Å²) >= 11 is 14.2. The maximum atomic E-state index is 6.22. The molecule has 0 bridgehead atoms. The second kappa shape index (κ2) is 6.82. The molecular formula is C11H15Cl2IN2S. The van der Waals surface area contributed by atoms with Crippen molar-refractivity contribution >= 4 is 58.9 Å². The van der Waals surface area contributed by atoms with Crippen LogP contribution < -0.4 is 5.32 Å². The fourth-order valence-corrected chi connectivity index (χ4v) is 3.44. The fourth-order valence-electron chi connectivity index (χ4n) is 2.05. The molecule has 0 radical (unpaired) electrons. The highest BCUT2D eigenvalue weighted by Crippen LogP contribution is 2.36. The first-order valence-electron chi connectivity index (χ1n) is 5.07. The third-order valence-electron chi connectivity index (χ3n) is 2.90. The summed E-state index contributed by atoms with van der Waals surface area (Å²) in [5, 5.41) is 4.92. The molecule has 0 aromatic heterocycles. The van der Waals surface area contributed by atoms with Gasteiger partial charge in [-0.05, 0) is 25.4 Å². The molecule has 1 heterocycles. The molecule has 1 aliphatic heterocycles. The lowest BCUT2D eigenvalue weighted by Crippen LogP contribution is -2.29. The van der Waals surface area contributed by atoms with Crippen molar-refractivity contribution in [2.75, 3.05) is 19.8 Å². The summed E-state index contributed by atoms with van der Waals surface area (Å²) in [5.74, 6) is 0. The third kappa shape index (κ3) is 3.22. The molecule has 2 unspecified atom stereocenters. The van der Waals surface area contributed by atoms with E-state index in [1.54, 1.807) is 11.8 Å². The molecule has 96 valence electrons. The van der Waals surface area contributed by atoms with Crippen LogP contribution in [0.2, 0.25) is 10.0 Å². The lowest BCUT2D eigenvalue weighted by Gasteiger charge is -2.24. The zero-order valence-corrected chi connectivity index (χ0v) is 14.3. The Hall–Kier alpha value is 0.800. The molecule has 1 saturated heterocycles. The van der Waals surface area contributed by atoms with Crippen LogP contribution >= 0.6 is 58.9 Å². The summed E-state index contributed by atoms with van der Waals surface area (Å²) in [5.41, 5.74) is 1.36. The van der Waals surface area contributed by atoms with Crippen molar-refractivity contribution in [1.82, 2.24) is 10.2 Å². The summed E-state index contributed by atoms with van der Waals surface area (Å²) in [6, 6.07) is 5.91. The Morgan fingerprint density at radius 1 is 1.35 bits per heavy atom. The number of rotatable bonds is 2. The van der Waals surface area contributed by atoms with Gasteiger partial charge in [-0.2, -0.15) is 0 Å². The molecular weight excluding hydrogens is 390 g/mol. The first kappa shape index (κ1) is 15.9. The predicted molar refractivity (Wildman–Crippen MR) is 87.7 cm³/mol. The van der Waals surface area contributed by atoms with Crippen molar-refractivity contribution in [1.29, 1.82) is 0 Å².